The van der Waals surface area contributed by atoms with Crippen molar-refractivity contribution in [1.29, 1.82) is 0 Å². The van der Waals surface area contributed by atoms with Crippen molar-refractivity contribution in [1.82, 2.24) is 5.43 Å². The molecule has 0 bridgehead atoms. The zero-order valence-electron chi connectivity index (χ0n) is 15.6. The molecule has 0 spiro atoms. The average Bonchev–Trinajstić information content (AvgIpc) is 3.34. The first-order valence-corrected chi connectivity index (χ1v) is 11.2. The van der Waals surface area contributed by atoms with E-state index >= 15 is 0 Å². The van der Waals surface area contributed by atoms with Gasteiger partial charge < -0.3 is 0 Å². The van der Waals surface area contributed by atoms with Gasteiger partial charge in [0.1, 0.15) is 5.57 Å². The SMILES string of the molecule is O=C1NN(c2ccc(I)cc2)C(=O)/C1=C/c1ccc(-c2ccc3ccccc3c2)s1. The molecule has 1 aliphatic rings. The van der Waals surface area contributed by atoms with Crippen LogP contribution in [0.2, 0.25) is 0 Å². The van der Waals surface area contributed by atoms with Gasteiger partial charge in [0.05, 0.1) is 5.69 Å². The van der Waals surface area contributed by atoms with Crippen molar-refractivity contribution in [2.75, 3.05) is 5.01 Å². The van der Waals surface area contributed by atoms with Crippen molar-refractivity contribution in [3.8, 4) is 10.4 Å². The lowest BCUT2D eigenvalue weighted by Crippen LogP contribution is -2.35. The van der Waals surface area contributed by atoms with Crippen molar-refractivity contribution in [3.05, 3.63) is 92.9 Å². The molecule has 0 unspecified atom stereocenters. The second-order valence-corrected chi connectivity index (χ2v) is 9.24. The van der Waals surface area contributed by atoms with Crippen LogP contribution < -0.4 is 10.4 Å². The van der Waals surface area contributed by atoms with Crippen LogP contribution in [0.5, 0.6) is 0 Å². The topological polar surface area (TPSA) is 49.4 Å². The summed E-state index contributed by atoms with van der Waals surface area (Å²) in [4.78, 5) is 27.2. The minimum Gasteiger partial charge on any atom is -0.267 e. The van der Waals surface area contributed by atoms with E-state index in [4.69, 9.17) is 0 Å². The van der Waals surface area contributed by atoms with Gasteiger partial charge in [-0.05, 0) is 87.5 Å². The van der Waals surface area contributed by atoms with Crippen LogP contribution in [0.4, 0.5) is 5.69 Å². The lowest BCUT2D eigenvalue weighted by Gasteiger charge is -2.14. The van der Waals surface area contributed by atoms with Gasteiger partial charge >= 0.3 is 0 Å². The standard InChI is InChI=1S/C24H15IN2O2S/c25-18-7-9-19(10-8-18)27-24(29)21(23(28)26-27)14-20-11-12-22(30-20)17-6-5-15-3-1-2-4-16(15)13-17/h1-14H,(H,26,28)/b21-14+. The lowest BCUT2D eigenvalue weighted by atomic mass is 10.1. The Bertz CT molecular complexity index is 1320. The van der Waals surface area contributed by atoms with Crippen LogP contribution in [0.15, 0.2) is 84.4 Å². The van der Waals surface area contributed by atoms with E-state index < -0.39 is 0 Å². The first kappa shape index (κ1) is 19.0. The number of hydrogen-bond acceptors (Lipinski definition) is 3. The number of carbonyl (C=O) groups excluding carboxylic acids is 2. The second kappa shape index (κ2) is 7.70. The number of anilines is 1. The summed E-state index contributed by atoms with van der Waals surface area (Å²) < 4.78 is 1.06. The molecule has 6 heteroatoms. The monoisotopic (exact) mass is 522 g/mol. The Morgan fingerprint density at radius 1 is 0.867 bits per heavy atom. The van der Waals surface area contributed by atoms with Gasteiger partial charge in [-0.15, -0.1) is 11.3 Å². The number of nitrogens with one attached hydrogen (secondary N) is 1. The molecule has 1 N–H and O–H groups in total. The smallest absolute Gasteiger partial charge is 0.267 e. The number of halogens is 1. The van der Waals surface area contributed by atoms with Crippen LogP contribution in [-0.2, 0) is 9.59 Å². The highest BCUT2D eigenvalue weighted by Crippen LogP contribution is 2.32. The number of carbonyl (C=O) groups is 2. The predicted octanol–water partition coefficient (Wildman–Crippen LogP) is 5.63. The Morgan fingerprint density at radius 2 is 1.63 bits per heavy atom. The van der Waals surface area contributed by atoms with Crippen molar-refractivity contribution in [2.45, 2.75) is 0 Å². The summed E-state index contributed by atoms with van der Waals surface area (Å²) >= 11 is 3.76. The van der Waals surface area contributed by atoms with Gasteiger partial charge in [-0.3, -0.25) is 15.0 Å². The normalized spacial score (nSPS) is 15.2. The largest absolute Gasteiger partial charge is 0.282 e. The maximum atomic E-state index is 12.8. The minimum absolute atomic E-state index is 0.139. The number of rotatable bonds is 3. The summed E-state index contributed by atoms with van der Waals surface area (Å²) in [7, 11) is 0. The minimum atomic E-state index is -0.390. The second-order valence-electron chi connectivity index (χ2n) is 6.88. The lowest BCUT2D eigenvalue weighted by molar-refractivity contribution is -0.117. The van der Waals surface area contributed by atoms with Crippen LogP contribution in [0.25, 0.3) is 27.3 Å². The van der Waals surface area contributed by atoms with Crippen molar-refractivity contribution < 1.29 is 9.59 Å². The Kier molecular flexibility index (Phi) is 4.88. The van der Waals surface area contributed by atoms with E-state index in [2.05, 4.69) is 58.3 Å². The third-order valence-corrected chi connectivity index (χ3v) is 6.72. The molecular weight excluding hydrogens is 507 g/mol. The molecule has 1 saturated heterocycles. The van der Waals surface area contributed by atoms with Crippen LogP contribution in [0.3, 0.4) is 0 Å². The molecule has 0 radical (unpaired) electrons. The highest BCUT2D eigenvalue weighted by atomic mass is 127. The van der Waals surface area contributed by atoms with Gasteiger partial charge in [0.2, 0.25) is 0 Å². The maximum Gasteiger partial charge on any atom is 0.282 e. The van der Waals surface area contributed by atoms with E-state index in [0.29, 0.717) is 5.69 Å². The fourth-order valence-electron chi connectivity index (χ4n) is 3.40. The van der Waals surface area contributed by atoms with Gasteiger partial charge in [0, 0.05) is 13.3 Å². The number of fused-ring (bicyclic) bond motifs is 1. The summed E-state index contributed by atoms with van der Waals surface area (Å²) in [5.41, 5.74) is 4.54. The predicted molar refractivity (Wildman–Crippen MR) is 130 cm³/mol. The third-order valence-electron chi connectivity index (χ3n) is 4.92. The maximum absolute atomic E-state index is 12.8. The molecule has 2 amide bonds. The molecule has 0 atom stereocenters. The Morgan fingerprint density at radius 3 is 2.43 bits per heavy atom. The third kappa shape index (κ3) is 3.53. The Labute approximate surface area is 190 Å². The quantitative estimate of drug-likeness (QED) is 0.215. The molecule has 1 fully saturated rings. The highest BCUT2D eigenvalue weighted by molar-refractivity contribution is 14.1. The Hall–Kier alpha value is -2.97. The number of hydrazine groups is 1. The first-order valence-electron chi connectivity index (χ1n) is 9.30. The summed E-state index contributed by atoms with van der Waals surface area (Å²) in [6.07, 6.45) is 1.67. The van der Waals surface area contributed by atoms with Crippen LogP contribution in [0, 0.1) is 3.57 Å². The van der Waals surface area contributed by atoms with E-state index in [1.54, 1.807) is 17.4 Å². The molecule has 2 heterocycles. The number of nitrogens with zero attached hydrogens (tertiary/aromatic N) is 1. The molecule has 1 aromatic heterocycles. The molecule has 1 aliphatic heterocycles. The first-order chi connectivity index (χ1) is 14.6. The van der Waals surface area contributed by atoms with Gasteiger partial charge in [-0.2, -0.15) is 0 Å². The number of amides is 2. The summed E-state index contributed by atoms with van der Waals surface area (Å²) in [6.45, 7) is 0. The van der Waals surface area contributed by atoms with Crippen LogP contribution in [0.1, 0.15) is 4.88 Å². The molecule has 30 heavy (non-hydrogen) atoms. The molecule has 146 valence electrons. The zero-order valence-corrected chi connectivity index (χ0v) is 18.6. The fraction of sp³-hybridized carbons (Fsp3) is 0. The van der Waals surface area contributed by atoms with Gasteiger partial charge in [0.25, 0.3) is 11.8 Å². The van der Waals surface area contributed by atoms with E-state index in [1.165, 1.54) is 15.8 Å². The van der Waals surface area contributed by atoms with Crippen LogP contribution in [-0.4, -0.2) is 11.8 Å². The fourth-order valence-corrected chi connectivity index (χ4v) is 4.71. The van der Waals surface area contributed by atoms with E-state index in [-0.39, 0.29) is 17.4 Å². The van der Waals surface area contributed by atoms with Crippen molar-refractivity contribution in [2.24, 2.45) is 0 Å². The number of thiophene rings is 1. The van der Waals surface area contributed by atoms with Gasteiger partial charge in [-0.25, -0.2) is 5.01 Å². The molecule has 0 saturated carbocycles. The van der Waals surface area contributed by atoms with Crippen molar-refractivity contribution in [3.63, 3.8) is 0 Å². The zero-order chi connectivity index (χ0) is 20.7. The average molecular weight is 522 g/mol. The molecule has 5 rings (SSSR count). The molecule has 4 aromatic rings. The van der Waals surface area contributed by atoms with E-state index in [9.17, 15) is 9.59 Å². The highest BCUT2D eigenvalue weighted by Gasteiger charge is 2.34. The van der Waals surface area contributed by atoms with E-state index in [0.717, 1.165) is 18.9 Å². The molecular formula is C24H15IN2O2S. The van der Waals surface area contributed by atoms with Crippen LogP contribution >= 0.6 is 33.9 Å². The van der Waals surface area contributed by atoms with E-state index in [1.807, 2.05) is 48.5 Å². The molecule has 3 aromatic carbocycles. The van der Waals surface area contributed by atoms with Gasteiger partial charge in [-0.1, -0.05) is 36.4 Å². The summed E-state index contributed by atoms with van der Waals surface area (Å²) in [5, 5.41) is 3.67. The number of benzene rings is 3. The number of hydrogen-bond donors (Lipinski definition) is 1. The summed E-state index contributed by atoms with van der Waals surface area (Å²) in [6, 6.07) is 26.0. The van der Waals surface area contributed by atoms with Gasteiger partial charge in [0.15, 0.2) is 0 Å². The molecule has 4 nitrogen and oxygen atoms in total. The molecule has 0 aliphatic carbocycles. The summed E-state index contributed by atoms with van der Waals surface area (Å²) in [5.74, 6) is -0.735. The Balaban J connectivity index is 1.43. The van der Waals surface area contributed by atoms with Crippen molar-refractivity contribution >= 4 is 68.3 Å².